The van der Waals surface area contributed by atoms with Gasteiger partial charge >= 0.3 is 0 Å². The van der Waals surface area contributed by atoms with Crippen molar-refractivity contribution in [1.82, 2.24) is 15.2 Å². The van der Waals surface area contributed by atoms with Gasteiger partial charge in [0.25, 0.3) is 5.91 Å². The second kappa shape index (κ2) is 9.17. The van der Waals surface area contributed by atoms with E-state index in [0.29, 0.717) is 23.7 Å². The Morgan fingerprint density at radius 1 is 1.23 bits per heavy atom. The number of carbonyl (C=O) groups is 1. The molecule has 1 fully saturated rings. The number of para-hydroxylation sites is 2. The number of nitrogens with zero attached hydrogens (tertiary/aromatic N) is 2. The lowest BCUT2D eigenvalue weighted by Crippen LogP contribution is -2.41. The van der Waals surface area contributed by atoms with Crippen molar-refractivity contribution in [2.24, 2.45) is 0 Å². The Kier molecular flexibility index (Phi) is 6.40. The van der Waals surface area contributed by atoms with Gasteiger partial charge in [-0.2, -0.15) is 0 Å². The van der Waals surface area contributed by atoms with Gasteiger partial charge in [0.1, 0.15) is 11.6 Å². The minimum Gasteiger partial charge on any atom is -0.495 e. The van der Waals surface area contributed by atoms with Crippen molar-refractivity contribution in [2.45, 2.75) is 0 Å². The molecule has 1 aliphatic rings. The SMILES string of the molecule is COc1ccccc1Nc1ncccc1C(=O)NCCN1CCOCC1. The fourth-order valence-corrected chi connectivity index (χ4v) is 2.81. The summed E-state index contributed by atoms with van der Waals surface area (Å²) >= 11 is 0. The normalized spacial score (nSPS) is 14.7. The molecule has 7 nitrogen and oxygen atoms in total. The molecule has 0 atom stereocenters. The molecule has 138 valence electrons. The average molecular weight is 356 g/mol. The lowest BCUT2D eigenvalue weighted by molar-refractivity contribution is 0.0383. The molecule has 2 aromatic rings. The molecule has 1 amide bonds. The molecule has 1 saturated heterocycles. The van der Waals surface area contributed by atoms with Crippen LogP contribution in [0.4, 0.5) is 11.5 Å². The maximum absolute atomic E-state index is 12.6. The average Bonchev–Trinajstić information content (AvgIpc) is 2.69. The summed E-state index contributed by atoms with van der Waals surface area (Å²) in [5, 5.41) is 6.16. The van der Waals surface area contributed by atoms with Gasteiger partial charge in [0.05, 0.1) is 31.6 Å². The van der Waals surface area contributed by atoms with Gasteiger partial charge in [-0.15, -0.1) is 0 Å². The number of amides is 1. The number of rotatable bonds is 7. The summed E-state index contributed by atoms with van der Waals surface area (Å²) in [7, 11) is 1.61. The molecule has 2 heterocycles. The predicted octanol–water partition coefficient (Wildman–Crippen LogP) is 1.90. The van der Waals surface area contributed by atoms with Crippen molar-refractivity contribution < 1.29 is 14.3 Å². The summed E-state index contributed by atoms with van der Waals surface area (Å²) < 4.78 is 10.7. The number of pyridine rings is 1. The molecular formula is C19H24N4O3. The molecule has 3 rings (SSSR count). The van der Waals surface area contributed by atoms with Crippen molar-refractivity contribution >= 4 is 17.4 Å². The van der Waals surface area contributed by atoms with Crippen LogP contribution in [-0.2, 0) is 4.74 Å². The van der Waals surface area contributed by atoms with E-state index in [1.165, 1.54) is 0 Å². The monoisotopic (exact) mass is 356 g/mol. The standard InChI is InChI=1S/C19H24N4O3/c1-25-17-7-3-2-6-16(17)22-18-15(5-4-8-20-18)19(24)21-9-10-23-11-13-26-14-12-23/h2-8H,9-14H2,1H3,(H,20,22)(H,21,24). The molecule has 0 aliphatic carbocycles. The van der Waals surface area contributed by atoms with Crippen LogP contribution >= 0.6 is 0 Å². The molecule has 0 radical (unpaired) electrons. The zero-order chi connectivity index (χ0) is 18.2. The van der Waals surface area contributed by atoms with E-state index in [4.69, 9.17) is 9.47 Å². The van der Waals surface area contributed by atoms with Crippen LogP contribution in [0.25, 0.3) is 0 Å². The fraction of sp³-hybridized carbons (Fsp3) is 0.368. The number of carbonyl (C=O) groups excluding carboxylic acids is 1. The van der Waals surface area contributed by atoms with Gasteiger partial charge in [0.2, 0.25) is 0 Å². The van der Waals surface area contributed by atoms with Crippen LogP contribution < -0.4 is 15.4 Å². The Morgan fingerprint density at radius 3 is 2.85 bits per heavy atom. The summed E-state index contributed by atoms with van der Waals surface area (Å²) in [5.74, 6) is 1.04. The second-order valence-corrected chi connectivity index (χ2v) is 5.93. The van der Waals surface area contributed by atoms with Crippen LogP contribution in [0, 0.1) is 0 Å². The van der Waals surface area contributed by atoms with Crippen LogP contribution in [0.5, 0.6) is 5.75 Å². The molecule has 1 aromatic carbocycles. The van der Waals surface area contributed by atoms with E-state index in [1.807, 2.05) is 24.3 Å². The van der Waals surface area contributed by atoms with E-state index >= 15 is 0 Å². The first-order chi connectivity index (χ1) is 12.8. The van der Waals surface area contributed by atoms with E-state index in [0.717, 1.165) is 38.5 Å². The third kappa shape index (κ3) is 4.71. The third-order valence-corrected chi connectivity index (χ3v) is 4.23. The topological polar surface area (TPSA) is 75.7 Å². The maximum atomic E-state index is 12.6. The van der Waals surface area contributed by atoms with E-state index in [9.17, 15) is 4.79 Å². The van der Waals surface area contributed by atoms with Crippen molar-refractivity contribution in [2.75, 3.05) is 51.8 Å². The summed E-state index contributed by atoms with van der Waals surface area (Å²) in [6.45, 7) is 4.71. The molecule has 0 unspecified atom stereocenters. The molecule has 0 bridgehead atoms. The summed E-state index contributed by atoms with van der Waals surface area (Å²) in [4.78, 5) is 19.2. The predicted molar refractivity (Wildman–Crippen MR) is 100 cm³/mol. The zero-order valence-corrected chi connectivity index (χ0v) is 14.9. The summed E-state index contributed by atoms with van der Waals surface area (Å²) in [6.07, 6.45) is 1.66. The highest BCUT2D eigenvalue weighted by Gasteiger charge is 2.15. The van der Waals surface area contributed by atoms with Gasteiger partial charge in [-0.3, -0.25) is 9.69 Å². The third-order valence-electron chi connectivity index (χ3n) is 4.23. The molecule has 2 N–H and O–H groups in total. The van der Waals surface area contributed by atoms with Crippen LogP contribution in [0.1, 0.15) is 10.4 Å². The molecule has 0 spiro atoms. The Bertz CT molecular complexity index is 732. The van der Waals surface area contributed by atoms with E-state index < -0.39 is 0 Å². The van der Waals surface area contributed by atoms with Crippen LogP contribution in [-0.4, -0.2) is 62.3 Å². The number of anilines is 2. The van der Waals surface area contributed by atoms with Gasteiger partial charge in [-0.05, 0) is 24.3 Å². The maximum Gasteiger partial charge on any atom is 0.255 e. The summed E-state index contributed by atoms with van der Waals surface area (Å²) in [6, 6.07) is 11.0. The minimum atomic E-state index is -0.149. The smallest absolute Gasteiger partial charge is 0.255 e. The highest BCUT2D eigenvalue weighted by Crippen LogP contribution is 2.27. The number of benzene rings is 1. The van der Waals surface area contributed by atoms with E-state index in [2.05, 4.69) is 20.5 Å². The van der Waals surface area contributed by atoms with Gasteiger partial charge in [0.15, 0.2) is 0 Å². The number of nitrogens with one attached hydrogen (secondary N) is 2. The highest BCUT2D eigenvalue weighted by molar-refractivity contribution is 5.99. The van der Waals surface area contributed by atoms with Gasteiger partial charge in [0, 0.05) is 32.4 Å². The molecule has 1 aromatic heterocycles. The molecular weight excluding hydrogens is 332 g/mol. The van der Waals surface area contributed by atoms with Gasteiger partial charge in [-0.1, -0.05) is 12.1 Å². The Morgan fingerprint density at radius 2 is 2.04 bits per heavy atom. The fourth-order valence-electron chi connectivity index (χ4n) is 2.81. The van der Waals surface area contributed by atoms with E-state index in [-0.39, 0.29) is 5.91 Å². The highest BCUT2D eigenvalue weighted by atomic mass is 16.5. The Hall–Kier alpha value is -2.64. The number of hydrogen-bond donors (Lipinski definition) is 2. The quantitative estimate of drug-likeness (QED) is 0.789. The number of morpholine rings is 1. The first-order valence-corrected chi connectivity index (χ1v) is 8.71. The first kappa shape index (κ1) is 18.2. The van der Waals surface area contributed by atoms with Crippen LogP contribution in [0.2, 0.25) is 0 Å². The Balaban J connectivity index is 1.63. The van der Waals surface area contributed by atoms with Crippen molar-refractivity contribution in [3.05, 3.63) is 48.2 Å². The van der Waals surface area contributed by atoms with Crippen molar-refractivity contribution in [3.8, 4) is 5.75 Å². The van der Waals surface area contributed by atoms with Gasteiger partial charge < -0.3 is 20.1 Å². The molecule has 1 aliphatic heterocycles. The Labute approximate surface area is 153 Å². The molecule has 0 saturated carbocycles. The van der Waals surface area contributed by atoms with Crippen molar-refractivity contribution in [3.63, 3.8) is 0 Å². The zero-order valence-electron chi connectivity index (χ0n) is 14.9. The number of hydrogen-bond acceptors (Lipinski definition) is 6. The lowest BCUT2D eigenvalue weighted by Gasteiger charge is -2.26. The molecule has 26 heavy (non-hydrogen) atoms. The van der Waals surface area contributed by atoms with Crippen LogP contribution in [0.3, 0.4) is 0 Å². The second-order valence-electron chi connectivity index (χ2n) is 5.93. The van der Waals surface area contributed by atoms with Crippen molar-refractivity contribution in [1.29, 1.82) is 0 Å². The molecule has 7 heteroatoms. The largest absolute Gasteiger partial charge is 0.495 e. The lowest BCUT2D eigenvalue weighted by atomic mass is 10.2. The number of methoxy groups -OCH3 is 1. The number of aromatic nitrogens is 1. The van der Waals surface area contributed by atoms with Gasteiger partial charge in [-0.25, -0.2) is 4.98 Å². The van der Waals surface area contributed by atoms with E-state index in [1.54, 1.807) is 25.4 Å². The van der Waals surface area contributed by atoms with Crippen LogP contribution in [0.15, 0.2) is 42.6 Å². The first-order valence-electron chi connectivity index (χ1n) is 8.71. The summed E-state index contributed by atoms with van der Waals surface area (Å²) in [5.41, 5.74) is 1.26. The number of ether oxygens (including phenoxy) is 2. The minimum absolute atomic E-state index is 0.149.